The second-order valence-electron chi connectivity index (χ2n) is 4.00. The minimum Gasteiger partial charge on any atom is -0.324 e. The Bertz CT molecular complexity index is 477. The minimum atomic E-state index is 0.0196. The Morgan fingerprint density at radius 1 is 0.941 bits per heavy atom. The van der Waals surface area contributed by atoms with Gasteiger partial charge in [-0.3, -0.25) is 0 Å². The standard InChI is InChI=1S/C14H13Br2N/c15-12-7-11(8-13(16)9-12)14(17)6-10-4-2-1-3-5-10/h1-5,7-9,14H,6,17H2. The van der Waals surface area contributed by atoms with Crippen LogP contribution in [-0.2, 0) is 6.42 Å². The van der Waals surface area contributed by atoms with Gasteiger partial charge in [0.15, 0.2) is 0 Å². The molecule has 0 fully saturated rings. The van der Waals surface area contributed by atoms with E-state index in [1.54, 1.807) is 0 Å². The van der Waals surface area contributed by atoms with E-state index in [0.717, 1.165) is 20.9 Å². The molecule has 1 atom stereocenters. The summed E-state index contributed by atoms with van der Waals surface area (Å²) < 4.78 is 2.09. The van der Waals surface area contributed by atoms with Crippen molar-refractivity contribution in [2.75, 3.05) is 0 Å². The highest BCUT2D eigenvalue weighted by atomic mass is 79.9. The number of nitrogens with two attached hydrogens (primary N) is 1. The Hall–Kier alpha value is -0.640. The highest BCUT2D eigenvalue weighted by Gasteiger charge is 2.08. The van der Waals surface area contributed by atoms with Crippen molar-refractivity contribution in [3.63, 3.8) is 0 Å². The average Bonchev–Trinajstić information content (AvgIpc) is 2.29. The molecule has 3 heteroatoms. The lowest BCUT2D eigenvalue weighted by Gasteiger charge is -2.13. The fourth-order valence-corrected chi connectivity index (χ4v) is 3.10. The molecule has 1 unspecified atom stereocenters. The number of rotatable bonds is 3. The molecule has 0 saturated heterocycles. The molecule has 2 N–H and O–H groups in total. The Kier molecular flexibility index (Phi) is 4.37. The predicted molar refractivity (Wildman–Crippen MR) is 78.9 cm³/mol. The SMILES string of the molecule is NC(Cc1ccccc1)c1cc(Br)cc(Br)c1. The monoisotopic (exact) mass is 353 g/mol. The van der Waals surface area contributed by atoms with Crippen molar-refractivity contribution >= 4 is 31.9 Å². The zero-order valence-electron chi connectivity index (χ0n) is 9.24. The molecular weight excluding hydrogens is 342 g/mol. The number of hydrogen-bond donors (Lipinski definition) is 1. The van der Waals surface area contributed by atoms with Gasteiger partial charge in [-0.05, 0) is 35.7 Å². The first-order valence-electron chi connectivity index (χ1n) is 5.40. The Morgan fingerprint density at radius 3 is 2.12 bits per heavy atom. The summed E-state index contributed by atoms with van der Waals surface area (Å²) >= 11 is 6.96. The molecule has 2 rings (SSSR count). The summed E-state index contributed by atoms with van der Waals surface area (Å²) in [5.74, 6) is 0. The zero-order chi connectivity index (χ0) is 12.3. The highest BCUT2D eigenvalue weighted by Crippen LogP contribution is 2.25. The van der Waals surface area contributed by atoms with Gasteiger partial charge in [-0.2, -0.15) is 0 Å². The van der Waals surface area contributed by atoms with Gasteiger partial charge in [0.2, 0.25) is 0 Å². The molecule has 0 radical (unpaired) electrons. The van der Waals surface area contributed by atoms with Crippen LogP contribution < -0.4 is 5.73 Å². The van der Waals surface area contributed by atoms with Gasteiger partial charge in [-0.25, -0.2) is 0 Å². The fraction of sp³-hybridized carbons (Fsp3) is 0.143. The molecule has 0 amide bonds. The first-order chi connectivity index (χ1) is 8.15. The first kappa shape index (κ1) is 12.8. The third-order valence-corrected chi connectivity index (χ3v) is 3.53. The Balaban J connectivity index is 2.17. The summed E-state index contributed by atoms with van der Waals surface area (Å²) in [6.07, 6.45) is 0.851. The lowest BCUT2D eigenvalue weighted by atomic mass is 10.00. The number of halogens is 2. The zero-order valence-corrected chi connectivity index (χ0v) is 12.4. The van der Waals surface area contributed by atoms with Crippen molar-refractivity contribution in [3.05, 3.63) is 68.6 Å². The van der Waals surface area contributed by atoms with E-state index >= 15 is 0 Å². The van der Waals surface area contributed by atoms with Gasteiger partial charge in [0, 0.05) is 15.0 Å². The van der Waals surface area contributed by atoms with Crippen molar-refractivity contribution in [2.24, 2.45) is 5.73 Å². The summed E-state index contributed by atoms with van der Waals surface area (Å²) in [4.78, 5) is 0. The summed E-state index contributed by atoms with van der Waals surface area (Å²) in [5.41, 5.74) is 8.62. The van der Waals surface area contributed by atoms with Gasteiger partial charge < -0.3 is 5.73 Å². The smallest absolute Gasteiger partial charge is 0.0336 e. The second-order valence-corrected chi connectivity index (χ2v) is 5.83. The molecule has 2 aromatic rings. The molecule has 0 saturated carbocycles. The van der Waals surface area contributed by atoms with E-state index in [1.165, 1.54) is 5.56 Å². The van der Waals surface area contributed by atoms with E-state index in [9.17, 15) is 0 Å². The Labute approximate surface area is 118 Å². The van der Waals surface area contributed by atoms with Crippen LogP contribution in [0.4, 0.5) is 0 Å². The molecular formula is C14H13Br2N. The summed E-state index contributed by atoms with van der Waals surface area (Å²) in [6, 6.07) is 16.5. The fourth-order valence-electron chi connectivity index (χ4n) is 1.78. The summed E-state index contributed by atoms with van der Waals surface area (Å²) in [7, 11) is 0. The maximum atomic E-state index is 6.22. The van der Waals surface area contributed by atoms with E-state index in [1.807, 2.05) is 24.3 Å². The summed E-state index contributed by atoms with van der Waals surface area (Å²) in [5, 5.41) is 0. The molecule has 0 spiro atoms. The topological polar surface area (TPSA) is 26.0 Å². The summed E-state index contributed by atoms with van der Waals surface area (Å²) in [6.45, 7) is 0. The van der Waals surface area contributed by atoms with Gasteiger partial charge in [-0.15, -0.1) is 0 Å². The van der Waals surface area contributed by atoms with Crippen LogP contribution in [0.25, 0.3) is 0 Å². The van der Waals surface area contributed by atoms with Crippen molar-refractivity contribution < 1.29 is 0 Å². The van der Waals surface area contributed by atoms with E-state index in [2.05, 4.69) is 56.1 Å². The molecule has 0 aliphatic rings. The van der Waals surface area contributed by atoms with Gasteiger partial charge >= 0.3 is 0 Å². The van der Waals surface area contributed by atoms with E-state index in [-0.39, 0.29) is 6.04 Å². The maximum absolute atomic E-state index is 6.22. The van der Waals surface area contributed by atoms with Crippen molar-refractivity contribution in [3.8, 4) is 0 Å². The first-order valence-corrected chi connectivity index (χ1v) is 6.99. The van der Waals surface area contributed by atoms with Crippen LogP contribution in [0.5, 0.6) is 0 Å². The van der Waals surface area contributed by atoms with Crippen LogP contribution in [0, 0.1) is 0 Å². The van der Waals surface area contributed by atoms with E-state index in [4.69, 9.17) is 5.73 Å². The molecule has 0 heterocycles. The largest absolute Gasteiger partial charge is 0.324 e. The van der Waals surface area contributed by atoms with Gasteiger partial charge in [-0.1, -0.05) is 62.2 Å². The second kappa shape index (κ2) is 5.80. The van der Waals surface area contributed by atoms with Crippen LogP contribution in [0.1, 0.15) is 17.2 Å². The maximum Gasteiger partial charge on any atom is 0.0336 e. The van der Waals surface area contributed by atoms with Crippen LogP contribution in [0.15, 0.2) is 57.5 Å². The molecule has 17 heavy (non-hydrogen) atoms. The van der Waals surface area contributed by atoms with Crippen LogP contribution in [-0.4, -0.2) is 0 Å². The van der Waals surface area contributed by atoms with Gasteiger partial charge in [0.25, 0.3) is 0 Å². The average molecular weight is 355 g/mol. The van der Waals surface area contributed by atoms with Crippen molar-refractivity contribution in [1.29, 1.82) is 0 Å². The molecule has 1 nitrogen and oxygen atoms in total. The number of benzene rings is 2. The third kappa shape index (κ3) is 3.66. The minimum absolute atomic E-state index is 0.0196. The van der Waals surface area contributed by atoms with Crippen molar-refractivity contribution in [1.82, 2.24) is 0 Å². The van der Waals surface area contributed by atoms with Gasteiger partial charge in [0.05, 0.1) is 0 Å². The van der Waals surface area contributed by atoms with E-state index in [0.29, 0.717) is 0 Å². The molecule has 0 aromatic heterocycles. The molecule has 88 valence electrons. The quantitative estimate of drug-likeness (QED) is 0.865. The van der Waals surface area contributed by atoms with Crippen LogP contribution in [0.2, 0.25) is 0 Å². The highest BCUT2D eigenvalue weighted by molar-refractivity contribution is 9.11. The van der Waals surface area contributed by atoms with Gasteiger partial charge in [0.1, 0.15) is 0 Å². The molecule has 0 aliphatic heterocycles. The van der Waals surface area contributed by atoms with E-state index < -0.39 is 0 Å². The Morgan fingerprint density at radius 2 is 1.53 bits per heavy atom. The molecule has 0 bridgehead atoms. The molecule has 0 aliphatic carbocycles. The molecule has 2 aromatic carbocycles. The van der Waals surface area contributed by atoms with Crippen molar-refractivity contribution in [2.45, 2.75) is 12.5 Å². The lowest BCUT2D eigenvalue weighted by molar-refractivity contribution is 0.721. The predicted octanol–water partition coefficient (Wildman–Crippen LogP) is 4.45. The van der Waals surface area contributed by atoms with Crippen LogP contribution in [0.3, 0.4) is 0 Å². The van der Waals surface area contributed by atoms with Crippen LogP contribution >= 0.6 is 31.9 Å². The lowest BCUT2D eigenvalue weighted by Crippen LogP contribution is -2.13. The number of hydrogen-bond acceptors (Lipinski definition) is 1. The normalized spacial score (nSPS) is 12.4. The third-order valence-electron chi connectivity index (χ3n) is 2.61.